The lowest BCUT2D eigenvalue weighted by molar-refractivity contribution is 0.0619. The Labute approximate surface area is 154 Å². The molecule has 2 aromatic carbocycles. The molecular formula is C22H25NO3. The molecule has 3 rings (SSSR count). The van der Waals surface area contributed by atoms with E-state index in [0.29, 0.717) is 24.3 Å². The minimum absolute atomic E-state index is 0.0950. The minimum Gasteiger partial charge on any atom is -0.489 e. The lowest BCUT2D eigenvalue weighted by Gasteiger charge is -2.37. The summed E-state index contributed by atoms with van der Waals surface area (Å²) in [5.74, 6) is 1.37. The summed E-state index contributed by atoms with van der Waals surface area (Å²) in [6, 6.07) is 15.0. The monoisotopic (exact) mass is 351 g/mol. The van der Waals surface area contributed by atoms with Gasteiger partial charge in [0, 0.05) is 17.5 Å². The summed E-state index contributed by atoms with van der Waals surface area (Å²) in [6.07, 6.45) is 0.710. The number of fused-ring (bicyclic) bond motifs is 1. The van der Waals surface area contributed by atoms with Gasteiger partial charge in [0.1, 0.15) is 23.7 Å². The normalized spacial score (nSPS) is 17.6. The Morgan fingerprint density at radius 3 is 2.81 bits per heavy atom. The molecule has 2 aromatic rings. The van der Waals surface area contributed by atoms with E-state index >= 15 is 0 Å². The maximum atomic E-state index is 12.8. The number of hydrogen-bond acceptors (Lipinski definition) is 3. The van der Waals surface area contributed by atoms with Crippen LogP contribution >= 0.6 is 0 Å². The first kappa shape index (κ1) is 18.1. The Morgan fingerprint density at radius 2 is 2.04 bits per heavy atom. The maximum absolute atomic E-state index is 12.8. The number of rotatable bonds is 5. The van der Waals surface area contributed by atoms with Gasteiger partial charge in [0.05, 0.1) is 6.04 Å². The van der Waals surface area contributed by atoms with Crippen LogP contribution in [-0.4, -0.2) is 18.1 Å². The summed E-state index contributed by atoms with van der Waals surface area (Å²) < 4.78 is 11.7. The number of ether oxygens (including phenoxy) is 2. The molecule has 1 N–H and O–H groups in total. The second-order valence-corrected chi connectivity index (χ2v) is 7.40. The summed E-state index contributed by atoms with van der Waals surface area (Å²) in [5.41, 5.74) is 2.18. The molecule has 0 spiro atoms. The fourth-order valence-electron chi connectivity index (χ4n) is 3.11. The SMILES string of the molecule is C=C(C)COc1cccc(C(=O)N[C@@H]2CC(C)(C)Oc3ccccc32)c1. The molecule has 0 saturated carbocycles. The van der Waals surface area contributed by atoms with Crippen LogP contribution in [-0.2, 0) is 0 Å². The van der Waals surface area contributed by atoms with Crippen LogP contribution in [0.1, 0.15) is 49.2 Å². The highest BCUT2D eigenvalue weighted by Gasteiger charge is 2.34. The average molecular weight is 351 g/mol. The van der Waals surface area contributed by atoms with E-state index in [2.05, 4.69) is 11.9 Å². The van der Waals surface area contributed by atoms with Crippen molar-refractivity contribution < 1.29 is 14.3 Å². The fourth-order valence-corrected chi connectivity index (χ4v) is 3.11. The molecule has 1 amide bonds. The standard InChI is InChI=1S/C22H25NO3/c1-15(2)14-25-17-9-7-8-16(12-17)21(24)23-19-13-22(3,4)26-20-11-6-5-10-18(19)20/h5-12,19H,1,13-14H2,2-4H3,(H,23,24)/t19-/m1/s1. The Kier molecular flexibility index (Phi) is 5.03. The van der Waals surface area contributed by atoms with Crippen LogP contribution in [0, 0.1) is 0 Å². The van der Waals surface area contributed by atoms with Crippen LogP contribution < -0.4 is 14.8 Å². The van der Waals surface area contributed by atoms with E-state index in [9.17, 15) is 4.79 Å². The molecule has 136 valence electrons. The van der Waals surface area contributed by atoms with Gasteiger partial charge in [-0.25, -0.2) is 0 Å². The molecule has 4 nitrogen and oxygen atoms in total. The van der Waals surface area contributed by atoms with Crippen molar-refractivity contribution in [2.75, 3.05) is 6.61 Å². The molecule has 0 saturated heterocycles. The molecule has 0 radical (unpaired) electrons. The number of benzene rings is 2. The summed E-state index contributed by atoms with van der Waals surface area (Å²) in [6.45, 7) is 10.2. The number of carbonyl (C=O) groups is 1. The number of hydrogen-bond donors (Lipinski definition) is 1. The van der Waals surface area contributed by atoms with Gasteiger partial charge >= 0.3 is 0 Å². The van der Waals surface area contributed by atoms with Crippen molar-refractivity contribution in [2.45, 2.75) is 38.8 Å². The molecule has 0 fully saturated rings. The molecule has 4 heteroatoms. The molecule has 1 atom stereocenters. The van der Waals surface area contributed by atoms with E-state index in [0.717, 1.165) is 16.9 Å². The first-order valence-electron chi connectivity index (χ1n) is 8.80. The first-order chi connectivity index (χ1) is 12.3. The molecule has 0 aliphatic carbocycles. The second-order valence-electron chi connectivity index (χ2n) is 7.40. The average Bonchev–Trinajstić information content (AvgIpc) is 2.59. The number of nitrogens with one attached hydrogen (secondary N) is 1. The lowest BCUT2D eigenvalue weighted by atomic mass is 9.89. The van der Waals surface area contributed by atoms with Crippen molar-refractivity contribution in [3.63, 3.8) is 0 Å². The van der Waals surface area contributed by atoms with E-state index in [1.54, 1.807) is 12.1 Å². The van der Waals surface area contributed by atoms with Crippen molar-refractivity contribution in [3.8, 4) is 11.5 Å². The summed E-state index contributed by atoms with van der Waals surface area (Å²) >= 11 is 0. The van der Waals surface area contributed by atoms with Gasteiger partial charge in [-0.05, 0) is 50.6 Å². The molecule has 0 bridgehead atoms. The van der Waals surface area contributed by atoms with Crippen molar-refractivity contribution >= 4 is 5.91 Å². The molecule has 0 unspecified atom stereocenters. The third-order valence-corrected chi connectivity index (χ3v) is 4.26. The van der Waals surface area contributed by atoms with E-state index in [1.807, 2.05) is 57.2 Å². The zero-order chi connectivity index (χ0) is 18.7. The largest absolute Gasteiger partial charge is 0.489 e. The molecular weight excluding hydrogens is 326 g/mol. The Balaban J connectivity index is 1.78. The molecule has 1 aliphatic heterocycles. The predicted octanol–water partition coefficient (Wildman–Crippen LogP) is 4.67. The van der Waals surface area contributed by atoms with E-state index in [-0.39, 0.29) is 17.6 Å². The Morgan fingerprint density at radius 1 is 1.27 bits per heavy atom. The zero-order valence-corrected chi connectivity index (χ0v) is 15.5. The molecule has 1 aliphatic rings. The third-order valence-electron chi connectivity index (χ3n) is 4.26. The lowest BCUT2D eigenvalue weighted by Crippen LogP contribution is -2.41. The second kappa shape index (κ2) is 7.24. The highest BCUT2D eigenvalue weighted by Crippen LogP contribution is 2.39. The first-order valence-corrected chi connectivity index (χ1v) is 8.80. The fraction of sp³-hybridized carbons (Fsp3) is 0.318. The van der Waals surface area contributed by atoms with Crippen LogP contribution in [0.3, 0.4) is 0 Å². The highest BCUT2D eigenvalue weighted by atomic mass is 16.5. The predicted molar refractivity (Wildman–Crippen MR) is 103 cm³/mol. The molecule has 0 aromatic heterocycles. The third kappa shape index (κ3) is 4.26. The van der Waals surface area contributed by atoms with Gasteiger partial charge in [-0.1, -0.05) is 30.8 Å². The van der Waals surface area contributed by atoms with E-state index in [1.165, 1.54) is 0 Å². The van der Waals surface area contributed by atoms with Gasteiger partial charge in [0.25, 0.3) is 5.91 Å². The Hall–Kier alpha value is -2.75. The summed E-state index contributed by atoms with van der Waals surface area (Å²) in [7, 11) is 0. The van der Waals surface area contributed by atoms with Crippen LogP contribution in [0.25, 0.3) is 0 Å². The van der Waals surface area contributed by atoms with Gasteiger partial charge in [-0.15, -0.1) is 0 Å². The van der Waals surface area contributed by atoms with Crippen LogP contribution in [0.4, 0.5) is 0 Å². The van der Waals surface area contributed by atoms with E-state index < -0.39 is 0 Å². The van der Waals surface area contributed by atoms with Gasteiger partial charge in [0.15, 0.2) is 0 Å². The topological polar surface area (TPSA) is 47.6 Å². The zero-order valence-electron chi connectivity index (χ0n) is 15.5. The van der Waals surface area contributed by atoms with Gasteiger partial charge in [-0.3, -0.25) is 4.79 Å². The summed E-state index contributed by atoms with van der Waals surface area (Å²) in [4.78, 5) is 12.8. The van der Waals surface area contributed by atoms with Gasteiger partial charge in [-0.2, -0.15) is 0 Å². The number of carbonyl (C=O) groups excluding carboxylic acids is 1. The van der Waals surface area contributed by atoms with E-state index in [4.69, 9.17) is 9.47 Å². The van der Waals surface area contributed by atoms with Gasteiger partial charge < -0.3 is 14.8 Å². The van der Waals surface area contributed by atoms with Crippen molar-refractivity contribution in [3.05, 3.63) is 71.8 Å². The Bertz CT molecular complexity index is 826. The molecule has 1 heterocycles. The smallest absolute Gasteiger partial charge is 0.251 e. The molecule has 26 heavy (non-hydrogen) atoms. The van der Waals surface area contributed by atoms with Crippen molar-refractivity contribution in [1.82, 2.24) is 5.32 Å². The quantitative estimate of drug-likeness (QED) is 0.796. The van der Waals surface area contributed by atoms with Crippen LogP contribution in [0.2, 0.25) is 0 Å². The number of para-hydroxylation sites is 1. The highest BCUT2D eigenvalue weighted by molar-refractivity contribution is 5.94. The summed E-state index contributed by atoms with van der Waals surface area (Å²) in [5, 5.41) is 3.15. The maximum Gasteiger partial charge on any atom is 0.251 e. The van der Waals surface area contributed by atoms with Gasteiger partial charge in [0.2, 0.25) is 0 Å². The van der Waals surface area contributed by atoms with Crippen molar-refractivity contribution in [2.24, 2.45) is 0 Å². The minimum atomic E-state index is -0.335. The number of amides is 1. The van der Waals surface area contributed by atoms with Crippen LogP contribution in [0.5, 0.6) is 11.5 Å². The van der Waals surface area contributed by atoms with Crippen LogP contribution in [0.15, 0.2) is 60.7 Å². The van der Waals surface area contributed by atoms with Crippen molar-refractivity contribution in [1.29, 1.82) is 0 Å².